The van der Waals surface area contributed by atoms with Crippen LogP contribution in [0.2, 0.25) is 0 Å². The molecule has 1 aliphatic rings. The van der Waals surface area contributed by atoms with Crippen LogP contribution in [0.25, 0.3) is 0 Å². The molecule has 1 saturated carbocycles. The molecule has 0 heterocycles. The van der Waals surface area contributed by atoms with Crippen LogP contribution in [0.3, 0.4) is 0 Å². The molecular formula is C12H20O2. The summed E-state index contributed by atoms with van der Waals surface area (Å²) in [6, 6.07) is 0. The molecule has 80 valence electrons. The summed E-state index contributed by atoms with van der Waals surface area (Å²) in [5.74, 6) is -0.320. The lowest BCUT2D eigenvalue weighted by Gasteiger charge is -2.18. The molecule has 0 amide bonds. The Balaban J connectivity index is 2.45. The van der Waals surface area contributed by atoms with E-state index in [4.69, 9.17) is 5.11 Å². The third-order valence-electron chi connectivity index (χ3n) is 3.17. The zero-order valence-electron chi connectivity index (χ0n) is 8.96. The fourth-order valence-corrected chi connectivity index (χ4v) is 2.32. The quantitative estimate of drug-likeness (QED) is 0.685. The lowest BCUT2D eigenvalue weighted by molar-refractivity contribution is -0.143. The number of aliphatic carboxylic acids is 1. The summed E-state index contributed by atoms with van der Waals surface area (Å²) >= 11 is 0. The first-order valence-electron chi connectivity index (χ1n) is 5.48. The number of carbonyl (C=O) groups is 1. The van der Waals surface area contributed by atoms with E-state index in [1.54, 1.807) is 0 Å². The van der Waals surface area contributed by atoms with Crippen molar-refractivity contribution in [2.24, 2.45) is 11.8 Å². The van der Waals surface area contributed by atoms with E-state index in [9.17, 15) is 4.79 Å². The topological polar surface area (TPSA) is 37.3 Å². The van der Waals surface area contributed by atoms with Crippen LogP contribution in [0, 0.1) is 11.8 Å². The minimum Gasteiger partial charge on any atom is -0.481 e. The summed E-state index contributed by atoms with van der Waals surface area (Å²) in [5.41, 5.74) is 1.09. The average Bonchev–Trinajstić information content (AvgIpc) is 2.56. The number of allylic oxidation sites excluding steroid dienone is 1. The van der Waals surface area contributed by atoms with Gasteiger partial charge in [-0.25, -0.2) is 0 Å². The van der Waals surface area contributed by atoms with Crippen LogP contribution in [0.5, 0.6) is 0 Å². The standard InChI is InChI=1S/C12H20O2/c1-9(2)7-8-11(12(13)14)10-5-3-4-6-10/h10-11H,1,3-8H2,2H3,(H,13,14). The van der Waals surface area contributed by atoms with Crippen molar-refractivity contribution in [2.45, 2.75) is 45.4 Å². The van der Waals surface area contributed by atoms with Crippen molar-refractivity contribution in [1.82, 2.24) is 0 Å². The van der Waals surface area contributed by atoms with Crippen molar-refractivity contribution in [3.63, 3.8) is 0 Å². The first-order valence-corrected chi connectivity index (χ1v) is 5.48. The van der Waals surface area contributed by atoms with Gasteiger partial charge in [-0.15, -0.1) is 6.58 Å². The van der Waals surface area contributed by atoms with Crippen molar-refractivity contribution in [1.29, 1.82) is 0 Å². The maximum absolute atomic E-state index is 11.1. The summed E-state index contributed by atoms with van der Waals surface area (Å²) in [6.45, 7) is 5.79. The Kier molecular flexibility index (Phi) is 4.18. The zero-order valence-corrected chi connectivity index (χ0v) is 8.96. The molecule has 1 N–H and O–H groups in total. The van der Waals surface area contributed by atoms with E-state index in [-0.39, 0.29) is 5.92 Å². The van der Waals surface area contributed by atoms with Crippen LogP contribution >= 0.6 is 0 Å². The Bertz CT molecular complexity index is 214. The molecule has 1 rings (SSSR count). The predicted octanol–water partition coefficient (Wildman–Crippen LogP) is 3.23. The molecule has 1 unspecified atom stereocenters. The minimum absolute atomic E-state index is 0.130. The van der Waals surface area contributed by atoms with Gasteiger partial charge in [0, 0.05) is 0 Å². The van der Waals surface area contributed by atoms with E-state index < -0.39 is 5.97 Å². The SMILES string of the molecule is C=C(C)CCC(C(=O)O)C1CCCC1. The number of hydrogen-bond acceptors (Lipinski definition) is 1. The molecule has 0 aromatic rings. The Labute approximate surface area is 86.0 Å². The predicted molar refractivity (Wildman–Crippen MR) is 57.1 cm³/mol. The highest BCUT2D eigenvalue weighted by Crippen LogP contribution is 2.34. The lowest BCUT2D eigenvalue weighted by atomic mass is 9.86. The van der Waals surface area contributed by atoms with Gasteiger partial charge in [-0.1, -0.05) is 18.4 Å². The first kappa shape index (κ1) is 11.3. The van der Waals surface area contributed by atoms with Gasteiger partial charge in [0.05, 0.1) is 5.92 Å². The smallest absolute Gasteiger partial charge is 0.306 e. The fraction of sp³-hybridized carbons (Fsp3) is 0.750. The van der Waals surface area contributed by atoms with Crippen LogP contribution in [0.1, 0.15) is 45.4 Å². The summed E-state index contributed by atoms with van der Waals surface area (Å²) in [6.07, 6.45) is 6.26. The molecule has 0 radical (unpaired) electrons. The Morgan fingerprint density at radius 3 is 2.50 bits per heavy atom. The number of carboxylic acid groups (broad SMARTS) is 1. The first-order chi connectivity index (χ1) is 6.61. The Hall–Kier alpha value is -0.790. The van der Waals surface area contributed by atoms with E-state index >= 15 is 0 Å². The molecular weight excluding hydrogens is 176 g/mol. The van der Waals surface area contributed by atoms with E-state index in [1.165, 1.54) is 12.8 Å². The Morgan fingerprint density at radius 2 is 2.07 bits per heavy atom. The molecule has 1 atom stereocenters. The largest absolute Gasteiger partial charge is 0.481 e. The van der Waals surface area contributed by atoms with E-state index in [2.05, 4.69) is 6.58 Å². The third kappa shape index (κ3) is 3.17. The third-order valence-corrected chi connectivity index (χ3v) is 3.17. The highest BCUT2D eigenvalue weighted by atomic mass is 16.4. The van der Waals surface area contributed by atoms with E-state index in [0.717, 1.165) is 31.3 Å². The molecule has 0 aliphatic heterocycles. The van der Waals surface area contributed by atoms with Crippen LogP contribution in [0.15, 0.2) is 12.2 Å². The van der Waals surface area contributed by atoms with Crippen LogP contribution in [-0.4, -0.2) is 11.1 Å². The highest BCUT2D eigenvalue weighted by molar-refractivity contribution is 5.70. The van der Waals surface area contributed by atoms with Crippen LogP contribution < -0.4 is 0 Å². The van der Waals surface area contributed by atoms with E-state index in [0.29, 0.717) is 5.92 Å². The second-order valence-electron chi connectivity index (χ2n) is 4.49. The second-order valence-corrected chi connectivity index (χ2v) is 4.49. The summed E-state index contributed by atoms with van der Waals surface area (Å²) in [7, 11) is 0. The summed E-state index contributed by atoms with van der Waals surface area (Å²) < 4.78 is 0. The average molecular weight is 196 g/mol. The molecule has 1 fully saturated rings. The van der Waals surface area contributed by atoms with Crippen molar-refractivity contribution in [3.8, 4) is 0 Å². The highest BCUT2D eigenvalue weighted by Gasteiger charge is 2.29. The van der Waals surface area contributed by atoms with Crippen LogP contribution in [-0.2, 0) is 4.79 Å². The summed E-state index contributed by atoms with van der Waals surface area (Å²) in [5, 5.41) is 9.12. The van der Waals surface area contributed by atoms with Gasteiger partial charge >= 0.3 is 5.97 Å². The molecule has 14 heavy (non-hydrogen) atoms. The fourth-order valence-electron chi connectivity index (χ4n) is 2.32. The lowest BCUT2D eigenvalue weighted by Crippen LogP contribution is -2.21. The van der Waals surface area contributed by atoms with Crippen molar-refractivity contribution >= 4 is 5.97 Å². The molecule has 0 bridgehead atoms. The number of carboxylic acids is 1. The van der Waals surface area contributed by atoms with Gasteiger partial charge < -0.3 is 5.11 Å². The van der Waals surface area contributed by atoms with Gasteiger partial charge in [-0.2, -0.15) is 0 Å². The Morgan fingerprint density at radius 1 is 1.50 bits per heavy atom. The van der Waals surface area contributed by atoms with Gasteiger partial charge in [0.1, 0.15) is 0 Å². The molecule has 1 aliphatic carbocycles. The van der Waals surface area contributed by atoms with Gasteiger partial charge in [0.15, 0.2) is 0 Å². The normalized spacial score (nSPS) is 19.5. The van der Waals surface area contributed by atoms with Gasteiger partial charge in [0.25, 0.3) is 0 Å². The molecule has 0 saturated heterocycles. The molecule has 2 nitrogen and oxygen atoms in total. The summed E-state index contributed by atoms with van der Waals surface area (Å²) in [4.78, 5) is 11.1. The maximum atomic E-state index is 11.1. The maximum Gasteiger partial charge on any atom is 0.306 e. The van der Waals surface area contributed by atoms with Crippen LogP contribution in [0.4, 0.5) is 0 Å². The van der Waals surface area contributed by atoms with E-state index in [1.807, 2.05) is 6.92 Å². The second kappa shape index (κ2) is 5.18. The van der Waals surface area contributed by atoms with Gasteiger partial charge in [0.2, 0.25) is 0 Å². The number of hydrogen-bond donors (Lipinski definition) is 1. The molecule has 0 aromatic heterocycles. The number of rotatable bonds is 5. The van der Waals surface area contributed by atoms with Gasteiger partial charge in [-0.05, 0) is 38.5 Å². The monoisotopic (exact) mass is 196 g/mol. The zero-order chi connectivity index (χ0) is 10.6. The minimum atomic E-state index is -0.613. The molecule has 0 aromatic carbocycles. The van der Waals surface area contributed by atoms with Crippen molar-refractivity contribution < 1.29 is 9.90 Å². The van der Waals surface area contributed by atoms with Crippen molar-refractivity contribution in [3.05, 3.63) is 12.2 Å². The molecule has 0 spiro atoms. The van der Waals surface area contributed by atoms with Crippen molar-refractivity contribution in [2.75, 3.05) is 0 Å². The molecule has 2 heteroatoms. The van der Waals surface area contributed by atoms with Gasteiger partial charge in [-0.3, -0.25) is 4.79 Å².